The van der Waals surface area contributed by atoms with Crippen LogP contribution < -0.4 is 5.73 Å². The normalized spacial score (nSPS) is 12.0. The van der Waals surface area contributed by atoms with Crippen molar-refractivity contribution in [2.45, 2.75) is 25.8 Å². The van der Waals surface area contributed by atoms with Crippen LogP contribution in [0.25, 0.3) is 0 Å². The molecule has 0 saturated carbocycles. The van der Waals surface area contributed by atoms with Gasteiger partial charge in [0.05, 0.1) is 0 Å². The SMILES string of the molecule is Cc1cccc(Cl)c1[C@@H](N)CCCO.Cl. The molecule has 1 rings (SSSR count). The maximum absolute atomic E-state index is 8.71. The van der Waals surface area contributed by atoms with Crippen LogP contribution in [-0.4, -0.2) is 11.7 Å². The van der Waals surface area contributed by atoms with Gasteiger partial charge in [0.15, 0.2) is 0 Å². The van der Waals surface area contributed by atoms with Crippen molar-refractivity contribution in [1.29, 1.82) is 0 Å². The van der Waals surface area contributed by atoms with Crippen molar-refractivity contribution in [3.63, 3.8) is 0 Å². The highest BCUT2D eigenvalue weighted by Crippen LogP contribution is 2.27. The highest BCUT2D eigenvalue weighted by atomic mass is 35.5. The number of hydrogen-bond acceptors (Lipinski definition) is 2. The molecular formula is C11H17Cl2NO. The van der Waals surface area contributed by atoms with Crippen LogP contribution in [0.15, 0.2) is 18.2 Å². The van der Waals surface area contributed by atoms with Gasteiger partial charge < -0.3 is 10.8 Å². The molecule has 0 amide bonds. The van der Waals surface area contributed by atoms with Gasteiger partial charge in [-0.2, -0.15) is 0 Å². The zero-order chi connectivity index (χ0) is 10.6. The molecule has 0 aliphatic rings. The summed E-state index contributed by atoms with van der Waals surface area (Å²) in [4.78, 5) is 0. The number of halogens is 2. The number of aliphatic hydroxyl groups is 1. The summed E-state index contributed by atoms with van der Waals surface area (Å²) in [5.41, 5.74) is 8.10. The lowest BCUT2D eigenvalue weighted by Crippen LogP contribution is -2.12. The predicted molar refractivity (Wildman–Crippen MR) is 66.7 cm³/mol. The Morgan fingerprint density at radius 2 is 2.13 bits per heavy atom. The molecular weight excluding hydrogens is 233 g/mol. The van der Waals surface area contributed by atoms with Gasteiger partial charge in [-0.15, -0.1) is 12.4 Å². The molecule has 2 nitrogen and oxygen atoms in total. The first-order valence-electron chi connectivity index (χ1n) is 4.78. The van der Waals surface area contributed by atoms with E-state index in [9.17, 15) is 0 Å². The Morgan fingerprint density at radius 3 is 2.67 bits per heavy atom. The van der Waals surface area contributed by atoms with E-state index in [1.165, 1.54) is 0 Å². The van der Waals surface area contributed by atoms with Gasteiger partial charge in [0.2, 0.25) is 0 Å². The van der Waals surface area contributed by atoms with E-state index in [1.54, 1.807) is 0 Å². The monoisotopic (exact) mass is 249 g/mol. The number of rotatable bonds is 4. The molecule has 0 aromatic heterocycles. The second kappa shape index (κ2) is 7.07. The van der Waals surface area contributed by atoms with Crippen LogP contribution in [0.1, 0.15) is 30.0 Å². The van der Waals surface area contributed by atoms with Crippen LogP contribution in [0.5, 0.6) is 0 Å². The zero-order valence-corrected chi connectivity index (χ0v) is 10.3. The van der Waals surface area contributed by atoms with Gasteiger partial charge in [0.25, 0.3) is 0 Å². The molecule has 0 unspecified atom stereocenters. The first-order valence-corrected chi connectivity index (χ1v) is 5.16. The summed E-state index contributed by atoms with van der Waals surface area (Å²) in [5.74, 6) is 0. The third-order valence-electron chi connectivity index (χ3n) is 2.31. The van der Waals surface area contributed by atoms with Crippen LogP contribution in [0.3, 0.4) is 0 Å². The summed E-state index contributed by atoms with van der Waals surface area (Å²) in [7, 11) is 0. The van der Waals surface area contributed by atoms with Gasteiger partial charge in [-0.05, 0) is 37.0 Å². The Labute approximate surface area is 102 Å². The Bertz CT molecular complexity index is 284. The fraction of sp³-hybridized carbons (Fsp3) is 0.455. The number of benzene rings is 1. The van der Waals surface area contributed by atoms with Crippen molar-refractivity contribution in [2.24, 2.45) is 5.73 Å². The number of hydrogen-bond donors (Lipinski definition) is 2. The van der Waals surface area contributed by atoms with Crippen molar-refractivity contribution in [2.75, 3.05) is 6.61 Å². The maximum atomic E-state index is 8.71. The summed E-state index contributed by atoms with van der Waals surface area (Å²) in [6.45, 7) is 2.18. The fourth-order valence-corrected chi connectivity index (χ4v) is 1.93. The number of aryl methyl sites for hydroxylation is 1. The van der Waals surface area contributed by atoms with Gasteiger partial charge in [-0.3, -0.25) is 0 Å². The van der Waals surface area contributed by atoms with E-state index in [4.69, 9.17) is 22.4 Å². The van der Waals surface area contributed by atoms with E-state index in [2.05, 4.69) is 0 Å². The van der Waals surface area contributed by atoms with Gasteiger partial charge in [0.1, 0.15) is 0 Å². The highest BCUT2D eigenvalue weighted by Gasteiger charge is 2.11. The minimum atomic E-state index is -0.0733. The van der Waals surface area contributed by atoms with Gasteiger partial charge in [-0.1, -0.05) is 23.7 Å². The van der Waals surface area contributed by atoms with Crippen LogP contribution in [0.2, 0.25) is 5.02 Å². The molecule has 1 atom stereocenters. The fourth-order valence-electron chi connectivity index (χ4n) is 1.57. The quantitative estimate of drug-likeness (QED) is 0.863. The van der Waals surface area contributed by atoms with Crippen molar-refractivity contribution in [3.8, 4) is 0 Å². The average molecular weight is 250 g/mol. The standard InChI is InChI=1S/C11H16ClNO.ClH/c1-8-4-2-5-9(12)11(8)10(13)6-3-7-14;/h2,4-5,10,14H,3,6-7,13H2,1H3;1H/t10-;/m0./s1. The maximum Gasteiger partial charge on any atom is 0.0456 e. The molecule has 0 fully saturated rings. The van der Waals surface area contributed by atoms with E-state index < -0.39 is 0 Å². The van der Waals surface area contributed by atoms with Gasteiger partial charge >= 0.3 is 0 Å². The summed E-state index contributed by atoms with van der Waals surface area (Å²) in [6, 6.07) is 5.69. The van der Waals surface area contributed by atoms with Crippen LogP contribution >= 0.6 is 24.0 Å². The van der Waals surface area contributed by atoms with E-state index in [0.717, 1.165) is 22.6 Å². The molecule has 86 valence electrons. The molecule has 0 spiro atoms. The lowest BCUT2D eigenvalue weighted by molar-refractivity contribution is 0.280. The molecule has 1 aromatic rings. The molecule has 0 aliphatic heterocycles. The minimum Gasteiger partial charge on any atom is -0.396 e. The van der Waals surface area contributed by atoms with Gasteiger partial charge in [-0.25, -0.2) is 0 Å². The smallest absolute Gasteiger partial charge is 0.0456 e. The minimum absolute atomic E-state index is 0. The summed E-state index contributed by atoms with van der Waals surface area (Å²) < 4.78 is 0. The Morgan fingerprint density at radius 1 is 1.47 bits per heavy atom. The summed E-state index contributed by atoms with van der Waals surface area (Å²) in [5, 5.41) is 9.43. The van der Waals surface area contributed by atoms with Crippen LogP contribution in [0, 0.1) is 6.92 Å². The molecule has 0 bridgehead atoms. The number of aliphatic hydroxyl groups excluding tert-OH is 1. The summed E-state index contributed by atoms with van der Waals surface area (Å²) >= 11 is 6.06. The Hall–Kier alpha value is -0.280. The predicted octanol–water partition coefficient (Wildman–Crippen LogP) is 2.84. The van der Waals surface area contributed by atoms with Crippen molar-refractivity contribution >= 4 is 24.0 Å². The van der Waals surface area contributed by atoms with Crippen molar-refractivity contribution in [3.05, 3.63) is 34.3 Å². The van der Waals surface area contributed by atoms with Crippen molar-refractivity contribution in [1.82, 2.24) is 0 Å². The third-order valence-corrected chi connectivity index (χ3v) is 2.64. The average Bonchev–Trinajstić information content (AvgIpc) is 2.14. The van der Waals surface area contributed by atoms with E-state index >= 15 is 0 Å². The topological polar surface area (TPSA) is 46.2 Å². The van der Waals surface area contributed by atoms with E-state index in [1.807, 2.05) is 25.1 Å². The van der Waals surface area contributed by atoms with E-state index in [0.29, 0.717) is 6.42 Å². The Balaban J connectivity index is 0.00000196. The molecule has 0 saturated heterocycles. The molecule has 0 radical (unpaired) electrons. The first-order chi connectivity index (χ1) is 6.66. The zero-order valence-electron chi connectivity index (χ0n) is 8.74. The molecule has 0 aliphatic carbocycles. The molecule has 1 aromatic carbocycles. The van der Waals surface area contributed by atoms with Crippen LogP contribution in [-0.2, 0) is 0 Å². The lowest BCUT2D eigenvalue weighted by Gasteiger charge is -2.15. The van der Waals surface area contributed by atoms with Crippen molar-refractivity contribution < 1.29 is 5.11 Å². The van der Waals surface area contributed by atoms with Crippen LogP contribution in [0.4, 0.5) is 0 Å². The summed E-state index contributed by atoms with van der Waals surface area (Å²) in [6.07, 6.45) is 1.48. The largest absolute Gasteiger partial charge is 0.396 e. The molecule has 15 heavy (non-hydrogen) atoms. The van der Waals surface area contributed by atoms with E-state index in [-0.39, 0.29) is 25.1 Å². The first kappa shape index (κ1) is 14.7. The Kier molecular flexibility index (Phi) is 6.94. The lowest BCUT2D eigenvalue weighted by atomic mass is 9.98. The molecule has 3 N–H and O–H groups in total. The molecule has 4 heteroatoms. The highest BCUT2D eigenvalue weighted by molar-refractivity contribution is 6.31. The van der Waals surface area contributed by atoms with Gasteiger partial charge in [0, 0.05) is 17.7 Å². The number of nitrogens with two attached hydrogens (primary N) is 1. The molecule has 0 heterocycles. The second-order valence-electron chi connectivity index (χ2n) is 3.44. The second-order valence-corrected chi connectivity index (χ2v) is 3.85. The third kappa shape index (κ3) is 3.99.